The quantitative estimate of drug-likeness (QED) is 0.506. The van der Waals surface area contributed by atoms with Crippen LogP contribution in [0.15, 0.2) is 0 Å². The largest absolute Gasteiger partial charge is 0.0826 e. The minimum atomic E-state index is 0.938. The van der Waals surface area contributed by atoms with Crippen LogP contribution in [0.4, 0.5) is 0 Å². The molecule has 0 unspecified atom stereocenters. The van der Waals surface area contributed by atoms with Crippen LogP contribution in [0.5, 0.6) is 0 Å². The minimum absolute atomic E-state index is 0.938. The van der Waals surface area contributed by atoms with Crippen LogP contribution in [0.3, 0.4) is 0 Å². The number of alkyl halides is 1. The first kappa shape index (κ1) is 9.73. The summed E-state index contributed by atoms with van der Waals surface area (Å²) in [6.45, 7) is 4.52. The van der Waals surface area contributed by atoms with Gasteiger partial charge in [-0.05, 0) is 12.8 Å². The average molecular weight is 240 g/mol. The van der Waals surface area contributed by atoms with E-state index < -0.39 is 0 Å². The van der Waals surface area contributed by atoms with Gasteiger partial charge in [-0.1, -0.05) is 55.7 Å². The van der Waals surface area contributed by atoms with Crippen molar-refractivity contribution in [3.05, 3.63) is 0 Å². The van der Waals surface area contributed by atoms with Gasteiger partial charge < -0.3 is 0 Å². The number of rotatable bonds is 5. The predicted octanol–water partition coefficient (Wildman–Crippen LogP) is 3.78. The van der Waals surface area contributed by atoms with E-state index in [-0.39, 0.29) is 0 Å². The lowest BCUT2D eigenvalue weighted by molar-refractivity contribution is 0.655. The summed E-state index contributed by atoms with van der Waals surface area (Å²) in [6.07, 6.45) is 6.93. The lowest BCUT2D eigenvalue weighted by atomic mass is 10.1. The maximum atomic E-state index is 2.56. The highest BCUT2D eigenvalue weighted by atomic mass is 127. The molecule has 0 spiro atoms. The Labute approximate surface area is 72.6 Å². The molecule has 0 rings (SSSR count). The molecule has 0 bridgehead atoms. The Kier molecular flexibility index (Phi) is 7.40. The van der Waals surface area contributed by atoms with E-state index in [9.17, 15) is 0 Å². The van der Waals surface area contributed by atoms with Gasteiger partial charge in [-0.2, -0.15) is 0 Å². The van der Waals surface area contributed by atoms with Crippen molar-refractivity contribution in [3.8, 4) is 0 Å². The van der Waals surface area contributed by atoms with Crippen molar-refractivity contribution in [2.24, 2.45) is 0 Å². The maximum Gasteiger partial charge on any atom is 0.0109 e. The normalized spacial score (nSPS) is 13.7. The van der Waals surface area contributed by atoms with Crippen LogP contribution in [0.2, 0.25) is 0 Å². The van der Waals surface area contributed by atoms with Crippen LogP contribution in [-0.2, 0) is 0 Å². The van der Waals surface area contributed by atoms with Crippen molar-refractivity contribution < 1.29 is 0 Å². The molecule has 0 amide bonds. The molecule has 0 saturated heterocycles. The fourth-order valence-corrected chi connectivity index (χ4v) is 1.95. The van der Waals surface area contributed by atoms with E-state index in [1.807, 2.05) is 0 Å². The number of halogens is 1. The van der Waals surface area contributed by atoms with E-state index in [4.69, 9.17) is 0 Å². The zero-order valence-corrected chi connectivity index (χ0v) is 8.65. The van der Waals surface area contributed by atoms with Gasteiger partial charge in [-0.25, -0.2) is 0 Å². The summed E-state index contributed by atoms with van der Waals surface area (Å²) in [7, 11) is 0. The van der Waals surface area contributed by atoms with Crippen molar-refractivity contribution in [1.82, 2.24) is 0 Å². The zero-order valence-electron chi connectivity index (χ0n) is 6.49. The second-order valence-electron chi connectivity index (χ2n) is 2.53. The predicted molar refractivity (Wildman–Crippen MR) is 52.2 cm³/mol. The smallest absolute Gasteiger partial charge is 0.0109 e. The first-order valence-corrected chi connectivity index (χ1v) is 5.19. The summed E-state index contributed by atoms with van der Waals surface area (Å²) in [5, 5.41) is 0. The molecular weight excluding hydrogens is 223 g/mol. The molecule has 9 heavy (non-hydrogen) atoms. The van der Waals surface area contributed by atoms with Gasteiger partial charge in [0, 0.05) is 3.92 Å². The molecular formula is C8H17I. The molecule has 1 heteroatoms. The topological polar surface area (TPSA) is 0 Å². The fourth-order valence-electron chi connectivity index (χ4n) is 0.883. The van der Waals surface area contributed by atoms with E-state index in [0.29, 0.717) is 0 Å². The SMILES string of the molecule is CCCC[C@H](I)CCC. The maximum absolute atomic E-state index is 2.56. The Hall–Kier alpha value is 0.730. The highest BCUT2D eigenvalue weighted by Crippen LogP contribution is 2.15. The molecule has 0 saturated carbocycles. The first-order chi connectivity index (χ1) is 4.31. The second-order valence-corrected chi connectivity index (χ2v) is 4.29. The summed E-state index contributed by atoms with van der Waals surface area (Å²) >= 11 is 2.56. The lowest BCUT2D eigenvalue weighted by Crippen LogP contribution is -1.95. The Morgan fingerprint density at radius 1 is 1.11 bits per heavy atom. The molecule has 0 aliphatic heterocycles. The molecule has 56 valence electrons. The van der Waals surface area contributed by atoms with Gasteiger partial charge >= 0.3 is 0 Å². The van der Waals surface area contributed by atoms with Gasteiger partial charge in [0.2, 0.25) is 0 Å². The highest BCUT2D eigenvalue weighted by molar-refractivity contribution is 14.1. The second kappa shape index (κ2) is 6.84. The number of hydrogen-bond donors (Lipinski definition) is 0. The van der Waals surface area contributed by atoms with Crippen molar-refractivity contribution in [2.75, 3.05) is 0 Å². The van der Waals surface area contributed by atoms with Crippen LogP contribution in [-0.4, -0.2) is 3.92 Å². The van der Waals surface area contributed by atoms with Crippen LogP contribution in [0, 0.1) is 0 Å². The van der Waals surface area contributed by atoms with E-state index in [1.165, 1.54) is 32.1 Å². The van der Waals surface area contributed by atoms with Gasteiger partial charge in [0.05, 0.1) is 0 Å². The monoisotopic (exact) mass is 240 g/mol. The Bertz CT molecular complexity index is 52.5. The van der Waals surface area contributed by atoms with Gasteiger partial charge in [0.15, 0.2) is 0 Å². The van der Waals surface area contributed by atoms with Crippen molar-refractivity contribution >= 4 is 22.6 Å². The molecule has 0 aliphatic carbocycles. The third kappa shape index (κ3) is 6.62. The molecule has 0 aliphatic rings. The summed E-state index contributed by atoms with van der Waals surface area (Å²) < 4.78 is 0.938. The third-order valence-corrected chi connectivity index (χ3v) is 2.72. The summed E-state index contributed by atoms with van der Waals surface area (Å²) in [6, 6.07) is 0. The molecule has 0 radical (unpaired) electrons. The van der Waals surface area contributed by atoms with Crippen molar-refractivity contribution in [1.29, 1.82) is 0 Å². The zero-order chi connectivity index (χ0) is 7.11. The molecule has 0 aromatic rings. The molecule has 0 heterocycles. The van der Waals surface area contributed by atoms with Crippen LogP contribution in [0.1, 0.15) is 46.0 Å². The molecule has 0 nitrogen and oxygen atoms in total. The molecule has 1 atom stereocenters. The van der Waals surface area contributed by atoms with Crippen molar-refractivity contribution in [3.63, 3.8) is 0 Å². The van der Waals surface area contributed by atoms with Gasteiger partial charge in [-0.15, -0.1) is 0 Å². The van der Waals surface area contributed by atoms with E-state index in [0.717, 1.165) is 3.92 Å². The third-order valence-electron chi connectivity index (χ3n) is 1.47. The van der Waals surface area contributed by atoms with Crippen LogP contribution >= 0.6 is 22.6 Å². The van der Waals surface area contributed by atoms with E-state index >= 15 is 0 Å². The molecule has 0 N–H and O–H groups in total. The standard InChI is InChI=1S/C8H17I/c1-3-5-7-8(9)6-4-2/h8H,3-7H2,1-2H3/t8-/m1/s1. The van der Waals surface area contributed by atoms with Crippen LogP contribution < -0.4 is 0 Å². The fraction of sp³-hybridized carbons (Fsp3) is 1.00. The molecule has 0 aromatic heterocycles. The molecule has 0 aromatic carbocycles. The Morgan fingerprint density at radius 2 is 1.78 bits per heavy atom. The van der Waals surface area contributed by atoms with Crippen LogP contribution in [0.25, 0.3) is 0 Å². The average Bonchev–Trinajstić information content (AvgIpc) is 1.85. The Morgan fingerprint density at radius 3 is 2.22 bits per heavy atom. The number of hydrogen-bond acceptors (Lipinski definition) is 0. The minimum Gasteiger partial charge on any atom is -0.0826 e. The first-order valence-electron chi connectivity index (χ1n) is 3.95. The summed E-state index contributed by atoms with van der Waals surface area (Å²) in [5.41, 5.74) is 0. The summed E-state index contributed by atoms with van der Waals surface area (Å²) in [4.78, 5) is 0. The summed E-state index contributed by atoms with van der Waals surface area (Å²) in [5.74, 6) is 0. The van der Waals surface area contributed by atoms with Gasteiger partial charge in [-0.3, -0.25) is 0 Å². The van der Waals surface area contributed by atoms with Gasteiger partial charge in [0.1, 0.15) is 0 Å². The lowest BCUT2D eigenvalue weighted by Gasteiger charge is -2.05. The molecule has 0 fully saturated rings. The van der Waals surface area contributed by atoms with E-state index in [1.54, 1.807) is 0 Å². The van der Waals surface area contributed by atoms with Crippen molar-refractivity contribution in [2.45, 2.75) is 49.9 Å². The van der Waals surface area contributed by atoms with Gasteiger partial charge in [0.25, 0.3) is 0 Å². The number of unbranched alkanes of at least 4 members (excludes halogenated alkanes) is 1. The van der Waals surface area contributed by atoms with E-state index in [2.05, 4.69) is 36.4 Å². The Balaban J connectivity index is 2.95. The highest BCUT2D eigenvalue weighted by Gasteiger charge is 1.99.